The third-order valence-corrected chi connectivity index (χ3v) is 2.58. The molecule has 0 aliphatic carbocycles. The van der Waals surface area contributed by atoms with Crippen molar-refractivity contribution in [2.24, 2.45) is 0 Å². The van der Waals surface area contributed by atoms with Gasteiger partial charge in [-0.1, -0.05) is 18.2 Å². The summed E-state index contributed by atoms with van der Waals surface area (Å²) in [4.78, 5) is 21.5. The Kier molecular flexibility index (Phi) is 7.05. The van der Waals surface area contributed by atoms with Crippen LogP contribution in [0, 0.1) is 0 Å². The van der Waals surface area contributed by atoms with Gasteiger partial charge < -0.3 is 21.1 Å². The van der Waals surface area contributed by atoms with Gasteiger partial charge in [0.2, 0.25) is 5.91 Å². The Morgan fingerprint density at radius 2 is 1.70 bits per heavy atom. The summed E-state index contributed by atoms with van der Waals surface area (Å²) in [6.07, 6.45) is -0.171. The molecule has 1 rings (SSSR count). The molecule has 0 aliphatic rings. The van der Waals surface area contributed by atoms with Crippen LogP contribution in [-0.4, -0.2) is 35.2 Å². The van der Waals surface area contributed by atoms with Gasteiger partial charge in [-0.3, -0.25) is 9.59 Å². The molecule has 4 N–H and O–H groups in total. The first-order chi connectivity index (χ1) is 9.58. The van der Waals surface area contributed by atoms with Gasteiger partial charge in [-0.2, -0.15) is 0 Å². The number of hydrogen-bond acceptors (Lipinski definition) is 3. The van der Waals surface area contributed by atoms with Crippen LogP contribution in [0.2, 0.25) is 0 Å². The summed E-state index contributed by atoms with van der Waals surface area (Å²) < 4.78 is 0. The molecule has 0 heterocycles. The number of para-hydroxylation sites is 1. The van der Waals surface area contributed by atoms with E-state index in [1.165, 1.54) is 0 Å². The highest BCUT2D eigenvalue weighted by Crippen LogP contribution is 2.03. The molecule has 0 bridgehead atoms. The molecular weight excluding hydrogens is 278 g/mol. The zero-order chi connectivity index (χ0) is 14.8. The lowest BCUT2D eigenvalue weighted by molar-refractivity contribution is -0.138. The number of hydrogen-bond donors (Lipinski definition) is 4. The molecule has 0 aliphatic heterocycles. The lowest BCUT2D eigenvalue weighted by Gasteiger charge is -2.10. The van der Waals surface area contributed by atoms with Gasteiger partial charge in [0.25, 0.3) is 0 Å². The zero-order valence-electron chi connectivity index (χ0n) is 10.9. The number of rotatable bonds is 7. The maximum atomic E-state index is 11.2. The van der Waals surface area contributed by atoms with E-state index in [-0.39, 0.29) is 18.7 Å². The van der Waals surface area contributed by atoms with Crippen LogP contribution in [0.15, 0.2) is 30.3 Å². The maximum Gasteiger partial charge on any atom is 0.303 e. The van der Waals surface area contributed by atoms with Crippen molar-refractivity contribution < 1.29 is 14.7 Å². The molecule has 0 fully saturated rings. The van der Waals surface area contributed by atoms with Crippen molar-refractivity contribution in [3.8, 4) is 0 Å². The van der Waals surface area contributed by atoms with Crippen LogP contribution in [0.1, 0.15) is 12.8 Å². The van der Waals surface area contributed by atoms with Crippen molar-refractivity contribution in [2.45, 2.75) is 12.8 Å². The second-order valence-electron chi connectivity index (χ2n) is 3.99. The molecule has 0 spiro atoms. The second kappa shape index (κ2) is 8.87. The van der Waals surface area contributed by atoms with Crippen molar-refractivity contribution in [2.75, 3.05) is 18.4 Å². The van der Waals surface area contributed by atoms with Crippen molar-refractivity contribution in [1.82, 2.24) is 10.6 Å². The molecule has 0 radical (unpaired) electrons. The van der Waals surface area contributed by atoms with Crippen molar-refractivity contribution in [1.29, 1.82) is 0 Å². The Balaban J connectivity index is 2.10. The predicted octanol–water partition coefficient (Wildman–Crippen LogP) is 0.954. The largest absolute Gasteiger partial charge is 0.481 e. The molecular formula is C13H17N3O3S. The van der Waals surface area contributed by atoms with Gasteiger partial charge in [0, 0.05) is 25.2 Å². The van der Waals surface area contributed by atoms with E-state index in [0.717, 1.165) is 5.69 Å². The number of aliphatic carboxylic acids is 1. The highest BCUT2D eigenvalue weighted by atomic mass is 32.1. The van der Waals surface area contributed by atoms with Gasteiger partial charge >= 0.3 is 5.97 Å². The van der Waals surface area contributed by atoms with E-state index in [1.807, 2.05) is 30.3 Å². The van der Waals surface area contributed by atoms with E-state index in [2.05, 4.69) is 16.0 Å². The molecule has 0 unspecified atom stereocenters. The Labute approximate surface area is 122 Å². The summed E-state index contributed by atoms with van der Waals surface area (Å²) in [5.74, 6) is -1.26. The van der Waals surface area contributed by atoms with E-state index >= 15 is 0 Å². The van der Waals surface area contributed by atoms with Crippen LogP contribution in [-0.2, 0) is 9.59 Å². The monoisotopic (exact) mass is 295 g/mol. The predicted molar refractivity (Wildman–Crippen MR) is 80.5 cm³/mol. The quantitative estimate of drug-likeness (QED) is 0.442. The Hall–Kier alpha value is -2.15. The lowest BCUT2D eigenvalue weighted by Crippen LogP contribution is -2.36. The second-order valence-corrected chi connectivity index (χ2v) is 4.40. The fourth-order valence-electron chi connectivity index (χ4n) is 1.38. The van der Waals surface area contributed by atoms with E-state index < -0.39 is 5.97 Å². The summed E-state index contributed by atoms with van der Waals surface area (Å²) in [6, 6.07) is 9.48. The van der Waals surface area contributed by atoms with Crippen LogP contribution in [0.3, 0.4) is 0 Å². The highest BCUT2D eigenvalue weighted by molar-refractivity contribution is 7.80. The van der Waals surface area contributed by atoms with Crippen LogP contribution in [0.5, 0.6) is 0 Å². The van der Waals surface area contributed by atoms with Gasteiger partial charge in [-0.05, 0) is 24.4 Å². The summed E-state index contributed by atoms with van der Waals surface area (Å²) >= 11 is 5.09. The number of anilines is 1. The molecule has 0 atom stereocenters. The standard InChI is InChI=1S/C13H17N3O3S/c17-11(6-7-12(18)19)14-8-9-15-13(20)16-10-4-2-1-3-5-10/h1-5H,6-9H2,(H,14,17)(H,18,19)(H2,15,16,20). The van der Waals surface area contributed by atoms with E-state index in [4.69, 9.17) is 17.3 Å². The van der Waals surface area contributed by atoms with Crippen molar-refractivity contribution >= 4 is 34.9 Å². The minimum absolute atomic E-state index is 0.0119. The molecule has 1 aromatic carbocycles. The fourth-order valence-corrected chi connectivity index (χ4v) is 1.60. The number of nitrogens with one attached hydrogen (secondary N) is 3. The first kappa shape index (κ1) is 15.9. The lowest BCUT2D eigenvalue weighted by atomic mass is 10.3. The molecule has 20 heavy (non-hydrogen) atoms. The number of carboxylic acid groups (broad SMARTS) is 1. The smallest absolute Gasteiger partial charge is 0.303 e. The zero-order valence-corrected chi connectivity index (χ0v) is 11.7. The molecule has 0 aromatic heterocycles. The van der Waals surface area contributed by atoms with Gasteiger partial charge in [0.15, 0.2) is 5.11 Å². The maximum absolute atomic E-state index is 11.2. The average Bonchev–Trinajstić information content (AvgIpc) is 2.42. The van der Waals surface area contributed by atoms with Gasteiger partial charge in [-0.25, -0.2) is 0 Å². The molecule has 1 aromatic rings. The van der Waals surface area contributed by atoms with Gasteiger partial charge in [0.1, 0.15) is 0 Å². The van der Waals surface area contributed by atoms with Crippen LogP contribution < -0.4 is 16.0 Å². The molecule has 108 valence electrons. The number of thiocarbonyl (C=S) groups is 1. The average molecular weight is 295 g/mol. The van der Waals surface area contributed by atoms with Crippen LogP contribution >= 0.6 is 12.2 Å². The highest BCUT2D eigenvalue weighted by Gasteiger charge is 2.04. The van der Waals surface area contributed by atoms with Crippen LogP contribution in [0.4, 0.5) is 5.69 Å². The minimum Gasteiger partial charge on any atom is -0.481 e. The van der Waals surface area contributed by atoms with Crippen molar-refractivity contribution in [3.05, 3.63) is 30.3 Å². The summed E-state index contributed by atoms with van der Waals surface area (Å²) in [7, 11) is 0. The summed E-state index contributed by atoms with van der Waals surface area (Å²) in [5.41, 5.74) is 0.885. The number of amides is 1. The topological polar surface area (TPSA) is 90.5 Å². The number of benzene rings is 1. The van der Waals surface area contributed by atoms with E-state index in [0.29, 0.717) is 18.2 Å². The number of carbonyl (C=O) groups excluding carboxylic acids is 1. The van der Waals surface area contributed by atoms with Crippen molar-refractivity contribution in [3.63, 3.8) is 0 Å². The third kappa shape index (κ3) is 7.32. The normalized spacial score (nSPS) is 9.60. The number of carbonyl (C=O) groups is 2. The Morgan fingerprint density at radius 3 is 2.35 bits per heavy atom. The first-order valence-electron chi connectivity index (χ1n) is 6.16. The Morgan fingerprint density at radius 1 is 1.05 bits per heavy atom. The molecule has 6 nitrogen and oxygen atoms in total. The van der Waals surface area contributed by atoms with Crippen LogP contribution in [0.25, 0.3) is 0 Å². The van der Waals surface area contributed by atoms with Gasteiger partial charge in [-0.15, -0.1) is 0 Å². The molecule has 1 amide bonds. The van der Waals surface area contributed by atoms with Gasteiger partial charge in [0.05, 0.1) is 6.42 Å². The Bertz CT molecular complexity index is 465. The molecule has 7 heteroatoms. The molecule has 0 saturated heterocycles. The fraction of sp³-hybridized carbons (Fsp3) is 0.308. The minimum atomic E-state index is -0.980. The SMILES string of the molecule is O=C(O)CCC(=O)NCCNC(=S)Nc1ccccc1. The summed E-state index contributed by atoms with van der Waals surface area (Å²) in [6.45, 7) is 0.854. The van der Waals surface area contributed by atoms with E-state index in [1.54, 1.807) is 0 Å². The first-order valence-corrected chi connectivity index (χ1v) is 6.57. The molecule has 0 saturated carbocycles. The number of carboxylic acids is 1. The van der Waals surface area contributed by atoms with E-state index in [9.17, 15) is 9.59 Å². The summed E-state index contributed by atoms with van der Waals surface area (Å²) in [5, 5.41) is 17.4. The third-order valence-electron chi connectivity index (χ3n) is 2.33.